The van der Waals surface area contributed by atoms with Crippen molar-refractivity contribution >= 4 is 23.3 Å². The van der Waals surface area contributed by atoms with Gasteiger partial charge in [-0.15, -0.1) is 0 Å². The molecule has 1 aliphatic heterocycles. The van der Waals surface area contributed by atoms with Gasteiger partial charge in [0.2, 0.25) is 0 Å². The zero-order valence-electron chi connectivity index (χ0n) is 12.0. The Hall–Kier alpha value is -1.68. The molecule has 1 fully saturated rings. The van der Waals surface area contributed by atoms with E-state index in [2.05, 4.69) is 27.4 Å². The van der Waals surface area contributed by atoms with Gasteiger partial charge in [0, 0.05) is 25.7 Å². The van der Waals surface area contributed by atoms with Crippen molar-refractivity contribution in [2.75, 3.05) is 32.8 Å². The normalized spacial score (nSPS) is 17.7. The number of morpholine rings is 1. The third-order valence-electron chi connectivity index (χ3n) is 3.94. The predicted molar refractivity (Wildman–Crippen MR) is 83.8 cm³/mol. The summed E-state index contributed by atoms with van der Waals surface area (Å²) in [6, 6.07) is 8.19. The van der Waals surface area contributed by atoms with Gasteiger partial charge in [0.25, 0.3) is 0 Å². The summed E-state index contributed by atoms with van der Waals surface area (Å²) in [6.07, 6.45) is 0. The van der Waals surface area contributed by atoms with E-state index in [0.29, 0.717) is 10.3 Å². The number of ether oxygens (including phenoxy) is 1. The first-order chi connectivity index (χ1) is 10.2. The fourth-order valence-electron chi connectivity index (χ4n) is 2.92. The highest BCUT2D eigenvalue weighted by molar-refractivity contribution is 7.71. The van der Waals surface area contributed by atoms with Gasteiger partial charge in [-0.25, -0.2) is 0 Å². The van der Waals surface area contributed by atoms with Crippen LogP contribution in [0, 0.1) is 16.1 Å². The molecule has 1 saturated heterocycles. The van der Waals surface area contributed by atoms with E-state index in [1.54, 1.807) is 0 Å². The van der Waals surface area contributed by atoms with Crippen LogP contribution in [0.1, 0.15) is 18.5 Å². The highest BCUT2D eigenvalue weighted by Gasteiger charge is 2.18. The number of nitriles is 1. The molecule has 1 N–H and O–H groups in total. The molecular weight excluding hydrogens is 284 g/mol. The lowest BCUT2D eigenvalue weighted by Gasteiger charge is -2.29. The number of benzene rings is 1. The molecule has 110 valence electrons. The molecule has 1 aromatic heterocycles. The molecule has 3 rings (SSSR count). The van der Waals surface area contributed by atoms with Gasteiger partial charge < -0.3 is 14.3 Å². The summed E-state index contributed by atoms with van der Waals surface area (Å²) in [6.45, 7) is 6.61. The lowest BCUT2D eigenvalue weighted by atomic mass is 10.2. The molecule has 1 aromatic carbocycles. The molecular formula is C15H18N4OS. The minimum atomic E-state index is 0.248. The number of aromatic nitrogens is 2. The van der Waals surface area contributed by atoms with Gasteiger partial charge >= 0.3 is 0 Å². The van der Waals surface area contributed by atoms with Crippen molar-refractivity contribution in [2.45, 2.75) is 13.0 Å². The number of hydrogen-bond acceptors (Lipinski definition) is 4. The number of nitrogens with zero attached hydrogens (tertiary/aromatic N) is 3. The van der Waals surface area contributed by atoms with Crippen LogP contribution in [0.4, 0.5) is 0 Å². The van der Waals surface area contributed by atoms with Crippen LogP contribution < -0.4 is 0 Å². The lowest BCUT2D eigenvalue weighted by molar-refractivity contribution is 0.0327. The maximum Gasteiger partial charge on any atom is 0.178 e. The van der Waals surface area contributed by atoms with Crippen molar-refractivity contribution in [1.82, 2.24) is 14.5 Å². The van der Waals surface area contributed by atoms with Crippen LogP contribution in [-0.2, 0) is 4.74 Å². The SMILES string of the molecule is CC(CN1CCOCC1)n1c(=S)[nH]c2c(C#N)cccc21. The first-order valence-corrected chi connectivity index (χ1v) is 7.55. The molecule has 2 aromatic rings. The quantitative estimate of drug-likeness (QED) is 0.885. The van der Waals surface area contributed by atoms with Crippen LogP contribution in [0.3, 0.4) is 0 Å². The number of imidazole rings is 1. The highest BCUT2D eigenvalue weighted by Crippen LogP contribution is 2.22. The first kappa shape index (κ1) is 14.3. The number of nitrogens with one attached hydrogen (secondary N) is 1. The van der Waals surface area contributed by atoms with Crippen molar-refractivity contribution in [3.63, 3.8) is 0 Å². The number of aromatic amines is 1. The molecule has 0 aliphatic carbocycles. The summed E-state index contributed by atoms with van der Waals surface area (Å²) in [5, 5.41) is 9.20. The number of hydrogen-bond donors (Lipinski definition) is 1. The second-order valence-electron chi connectivity index (χ2n) is 5.37. The molecule has 1 atom stereocenters. The molecule has 6 heteroatoms. The van der Waals surface area contributed by atoms with Crippen LogP contribution in [-0.4, -0.2) is 47.3 Å². The first-order valence-electron chi connectivity index (χ1n) is 7.14. The molecule has 2 heterocycles. The van der Waals surface area contributed by atoms with Gasteiger partial charge in [-0.05, 0) is 31.3 Å². The lowest BCUT2D eigenvalue weighted by Crippen LogP contribution is -2.39. The Balaban J connectivity index is 1.94. The smallest absolute Gasteiger partial charge is 0.178 e. The van der Waals surface area contributed by atoms with Crippen LogP contribution in [0.2, 0.25) is 0 Å². The van der Waals surface area contributed by atoms with E-state index in [9.17, 15) is 5.26 Å². The topological polar surface area (TPSA) is 57.0 Å². The fourth-order valence-corrected chi connectivity index (χ4v) is 3.30. The van der Waals surface area contributed by atoms with E-state index < -0.39 is 0 Å². The largest absolute Gasteiger partial charge is 0.379 e. The zero-order valence-corrected chi connectivity index (χ0v) is 12.8. The van der Waals surface area contributed by atoms with Crippen LogP contribution in [0.25, 0.3) is 11.0 Å². The predicted octanol–water partition coefficient (Wildman–Crippen LogP) is 2.46. The summed E-state index contributed by atoms with van der Waals surface area (Å²) in [5.41, 5.74) is 2.47. The average molecular weight is 302 g/mol. The minimum Gasteiger partial charge on any atom is -0.379 e. The maximum absolute atomic E-state index is 9.20. The Morgan fingerprint density at radius 1 is 1.43 bits per heavy atom. The summed E-state index contributed by atoms with van der Waals surface area (Å²) in [5.74, 6) is 0. The third kappa shape index (κ3) is 2.72. The minimum absolute atomic E-state index is 0.248. The van der Waals surface area contributed by atoms with E-state index in [0.717, 1.165) is 43.9 Å². The van der Waals surface area contributed by atoms with Gasteiger partial charge in [0.05, 0.1) is 29.8 Å². The van der Waals surface area contributed by atoms with Crippen molar-refractivity contribution < 1.29 is 4.74 Å². The van der Waals surface area contributed by atoms with Crippen LogP contribution in [0.15, 0.2) is 18.2 Å². The van der Waals surface area contributed by atoms with E-state index in [1.807, 2.05) is 18.2 Å². The third-order valence-corrected chi connectivity index (χ3v) is 4.24. The molecule has 0 bridgehead atoms. The van der Waals surface area contributed by atoms with E-state index in [-0.39, 0.29) is 6.04 Å². The zero-order chi connectivity index (χ0) is 14.8. The Morgan fingerprint density at radius 3 is 2.90 bits per heavy atom. The van der Waals surface area contributed by atoms with Gasteiger partial charge in [0.1, 0.15) is 6.07 Å². The number of H-pyrrole nitrogens is 1. The molecule has 1 aliphatic rings. The van der Waals surface area contributed by atoms with Crippen molar-refractivity contribution in [3.8, 4) is 6.07 Å². The van der Waals surface area contributed by atoms with E-state index in [1.165, 1.54) is 0 Å². The Morgan fingerprint density at radius 2 is 2.19 bits per heavy atom. The number of fused-ring (bicyclic) bond motifs is 1. The number of para-hydroxylation sites is 1. The molecule has 0 radical (unpaired) electrons. The average Bonchev–Trinajstić information content (AvgIpc) is 2.84. The molecule has 21 heavy (non-hydrogen) atoms. The molecule has 1 unspecified atom stereocenters. The van der Waals surface area contributed by atoms with Gasteiger partial charge in [-0.1, -0.05) is 6.07 Å². The number of rotatable bonds is 3. The summed E-state index contributed by atoms with van der Waals surface area (Å²) in [7, 11) is 0. The second-order valence-corrected chi connectivity index (χ2v) is 5.76. The summed E-state index contributed by atoms with van der Waals surface area (Å²) >= 11 is 5.46. The maximum atomic E-state index is 9.20. The molecule has 5 nitrogen and oxygen atoms in total. The van der Waals surface area contributed by atoms with Crippen LogP contribution >= 0.6 is 12.2 Å². The summed E-state index contributed by atoms with van der Waals surface area (Å²) < 4.78 is 8.17. The van der Waals surface area contributed by atoms with Crippen molar-refractivity contribution in [3.05, 3.63) is 28.5 Å². The van der Waals surface area contributed by atoms with Gasteiger partial charge in [-0.3, -0.25) is 4.90 Å². The molecule has 0 spiro atoms. The highest BCUT2D eigenvalue weighted by atomic mass is 32.1. The second kappa shape index (κ2) is 5.98. The Kier molecular flexibility index (Phi) is 4.06. The van der Waals surface area contributed by atoms with E-state index >= 15 is 0 Å². The van der Waals surface area contributed by atoms with Crippen LogP contribution in [0.5, 0.6) is 0 Å². The summed E-state index contributed by atoms with van der Waals surface area (Å²) in [4.78, 5) is 5.57. The monoisotopic (exact) mass is 302 g/mol. The molecule has 0 saturated carbocycles. The van der Waals surface area contributed by atoms with E-state index in [4.69, 9.17) is 17.0 Å². The molecule has 0 amide bonds. The van der Waals surface area contributed by atoms with Gasteiger partial charge in [-0.2, -0.15) is 5.26 Å². The standard InChI is InChI=1S/C15H18N4OS/c1-11(10-18-5-7-20-8-6-18)19-13-4-2-3-12(9-16)14(13)17-15(19)21/h2-4,11H,5-8,10H2,1H3,(H,17,21). The fraction of sp³-hybridized carbons (Fsp3) is 0.467. The Bertz CT molecular complexity index is 736. The van der Waals surface area contributed by atoms with Gasteiger partial charge in [0.15, 0.2) is 4.77 Å². The van der Waals surface area contributed by atoms with Crippen molar-refractivity contribution in [2.24, 2.45) is 0 Å². The van der Waals surface area contributed by atoms with Crippen molar-refractivity contribution in [1.29, 1.82) is 5.26 Å². The Labute approximate surface area is 128 Å².